The van der Waals surface area contributed by atoms with Gasteiger partial charge in [0.25, 0.3) is 5.91 Å². The number of rotatable bonds is 7. The summed E-state index contributed by atoms with van der Waals surface area (Å²) in [4.78, 5) is 40.6. The molecule has 144 valence electrons. The number of carbonyl (C=O) groups is 3. The molecule has 0 bridgehead atoms. The van der Waals surface area contributed by atoms with Gasteiger partial charge in [0.05, 0.1) is 12.2 Å². The van der Waals surface area contributed by atoms with E-state index in [-0.39, 0.29) is 24.9 Å². The van der Waals surface area contributed by atoms with E-state index >= 15 is 0 Å². The highest BCUT2D eigenvalue weighted by Crippen LogP contribution is 2.14. The number of amides is 4. The van der Waals surface area contributed by atoms with E-state index in [1.165, 1.54) is 4.90 Å². The molecule has 3 heterocycles. The van der Waals surface area contributed by atoms with Crippen LogP contribution in [0.15, 0.2) is 23.7 Å². The van der Waals surface area contributed by atoms with Crippen molar-refractivity contribution in [3.8, 4) is 0 Å². The van der Waals surface area contributed by atoms with Gasteiger partial charge in [0, 0.05) is 30.6 Å². The van der Waals surface area contributed by atoms with E-state index in [2.05, 4.69) is 15.6 Å². The minimum absolute atomic E-state index is 0.160. The molecule has 27 heavy (non-hydrogen) atoms. The second-order valence-corrected chi connectivity index (χ2v) is 7.78. The van der Waals surface area contributed by atoms with Crippen LogP contribution in [0.1, 0.15) is 30.5 Å². The fourth-order valence-electron chi connectivity index (χ4n) is 2.71. The Labute approximate surface area is 160 Å². The van der Waals surface area contributed by atoms with E-state index < -0.39 is 18.0 Å². The Bertz CT molecular complexity index is 832. The molecule has 4 amide bonds. The Morgan fingerprint density at radius 3 is 2.81 bits per heavy atom. The number of thiophene rings is 1. The predicted octanol–water partition coefficient (Wildman–Crippen LogP) is 1.04. The highest BCUT2D eigenvalue weighted by Gasteiger charge is 2.39. The molecule has 2 aromatic heterocycles. The fraction of sp³-hybridized carbons (Fsp3) is 0.471. The molecule has 1 atom stereocenters. The minimum Gasteiger partial charge on any atom is -0.339 e. The van der Waals surface area contributed by atoms with Crippen molar-refractivity contribution in [2.75, 3.05) is 13.6 Å². The molecule has 0 spiro atoms. The third kappa shape index (κ3) is 4.33. The molecule has 1 aliphatic heterocycles. The van der Waals surface area contributed by atoms with Crippen LogP contribution in [0.2, 0.25) is 0 Å². The molecule has 1 fully saturated rings. The summed E-state index contributed by atoms with van der Waals surface area (Å²) in [7, 11) is 1.65. The smallest absolute Gasteiger partial charge is 0.325 e. The third-order valence-electron chi connectivity index (χ3n) is 4.30. The number of aromatic nitrogens is 3. The first-order valence-electron chi connectivity index (χ1n) is 8.64. The van der Waals surface area contributed by atoms with Gasteiger partial charge < -0.3 is 10.2 Å². The minimum atomic E-state index is -0.731. The van der Waals surface area contributed by atoms with Crippen LogP contribution >= 0.6 is 11.3 Å². The van der Waals surface area contributed by atoms with Crippen LogP contribution in [0.4, 0.5) is 4.79 Å². The van der Waals surface area contributed by atoms with Crippen molar-refractivity contribution in [1.82, 2.24) is 30.1 Å². The van der Waals surface area contributed by atoms with Crippen molar-refractivity contribution in [1.29, 1.82) is 0 Å². The van der Waals surface area contributed by atoms with E-state index in [4.69, 9.17) is 0 Å². The van der Waals surface area contributed by atoms with Gasteiger partial charge in [-0.05, 0) is 25.3 Å². The van der Waals surface area contributed by atoms with Crippen LogP contribution in [0.5, 0.6) is 0 Å². The lowest BCUT2D eigenvalue weighted by molar-refractivity contribution is -0.136. The highest BCUT2D eigenvalue weighted by molar-refractivity contribution is 7.09. The van der Waals surface area contributed by atoms with Crippen molar-refractivity contribution in [2.24, 2.45) is 0 Å². The van der Waals surface area contributed by atoms with Crippen LogP contribution in [0.25, 0.3) is 0 Å². The maximum Gasteiger partial charge on any atom is 0.325 e. The number of carbonyl (C=O) groups excluding carboxylic acids is 3. The van der Waals surface area contributed by atoms with Gasteiger partial charge in [-0.15, -0.1) is 16.4 Å². The molecular weight excluding hydrogens is 368 g/mol. The van der Waals surface area contributed by atoms with Gasteiger partial charge in [0.2, 0.25) is 5.91 Å². The van der Waals surface area contributed by atoms with Gasteiger partial charge in [0.1, 0.15) is 12.6 Å². The maximum atomic E-state index is 12.6. The van der Waals surface area contributed by atoms with E-state index in [0.29, 0.717) is 12.2 Å². The number of hydrogen-bond donors (Lipinski definition) is 1. The topological polar surface area (TPSA) is 100 Å². The molecule has 9 nitrogen and oxygen atoms in total. The number of likely N-dealkylation sites (N-methyl/N-ethyl adjacent to an activating group) is 1. The number of urea groups is 1. The number of nitrogens with zero attached hydrogens (tertiary/aromatic N) is 5. The molecule has 0 aromatic carbocycles. The first-order chi connectivity index (χ1) is 12.8. The van der Waals surface area contributed by atoms with Gasteiger partial charge in [-0.1, -0.05) is 11.3 Å². The van der Waals surface area contributed by atoms with Crippen molar-refractivity contribution in [3.63, 3.8) is 0 Å². The first-order valence-corrected chi connectivity index (χ1v) is 9.52. The standard InChI is InChI=1S/C17H22N6O3S/c1-11(2)23-8-12(19-20-23)7-14-16(25)22(17(26)18-14)10-15(24)21(3)9-13-5-4-6-27-13/h4-6,8,11,14H,7,9-10H2,1-3H3,(H,18,26)/t14-/m1/s1. The second-order valence-electron chi connectivity index (χ2n) is 6.74. The highest BCUT2D eigenvalue weighted by atomic mass is 32.1. The van der Waals surface area contributed by atoms with Crippen LogP contribution < -0.4 is 5.32 Å². The summed E-state index contributed by atoms with van der Waals surface area (Å²) in [6, 6.07) is 2.72. The lowest BCUT2D eigenvalue weighted by atomic mass is 10.1. The molecular formula is C17H22N6O3S. The maximum absolute atomic E-state index is 12.6. The van der Waals surface area contributed by atoms with Gasteiger partial charge in [0.15, 0.2) is 0 Å². The van der Waals surface area contributed by atoms with Crippen LogP contribution in [0, 0.1) is 0 Å². The average molecular weight is 390 g/mol. The molecule has 3 rings (SSSR count). The van der Waals surface area contributed by atoms with E-state index in [9.17, 15) is 14.4 Å². The molecule has 10 heteroatoms. The summed E-state index contributed by atoms with van der Waals surface area (Å²) >= 11 is 1.55. The number of nitrogens with one attached hydrogen (secondary N) is 1. The molecule has 0 radical (unpaired) electrons. The van der Waals surface area contributed by atoms with Crippen molar-refractivity contribution in [3.05, 3.63) is 34.3 Å². The normalized spacial score (nSPS) is 16.9. The molecule has 1 N–H and O–H groups in total. The molecule has 0 unspecified atom stereocenters. The lowest BCUT2D eigenvalue weighted by Gasteiger charge is -2.19. The molecule has 0 saturated carbocycles. The summed E-state index contributed by atoms with van der Waals surface area (Å²) in [5.74, 6) is -0.713. The quantitative estimate of drug-likeness (QED) is 0.712. The van der Waals surface area contributed by atoms with Crippen LogP contribution in [0.3, 0.4) is 0 Å². The summed E-state index contributed by atoms with van der Waals surface area (Å²) in [5.41, 5.74) is 0.616. The lowest BCUT2D eigenvalue weighted by Crippen LogP contribution is -2.41. The fourth-order valence-corrected chi connectivity index (χ4v) is 3.47. The zero-order valence-corrected chi connectivity index (χ0v) is 16.3. The Kier molecular flexibility index (Phi) is 5.54. The summed E-state index contributed by atoms with van der Waals surface area (Å²) in [6.07, 6.45) is 2.00. The largest absolute Gasteiger partial charge is 0.339 e. The zero-order valence-electron chi connectivity index (χ0n) is 15.5. The van der Waals surface area contributed by atoms with Gasteiger partial charge in [-0.3, -0.25) is 14.5 Å². The van der Waals surface area contributed by atoms with E-state index in [1.807, 2.05) is 31.4 Å². The van der Waals surface area contributed by atoms with Crippen molar-refractivity contribution in [2.45, 2.75) is 38.9 Å². The monoisotopic (exact) mass is 390 g/mol. The van der Waals surface area contributed by atoms with Gasteiger partial charge in [-0.2, -0.15) is 0 Å². The molecule has 1 aliphatic rings. The van der Waals surface area contributed by atoms with Crippen molar-refractivity contribution < 1.29 is 14.4 Å². The zero-order chi connectivity index (χ0) is 19.6. The molecule has 1 saturated heterocycles. The molecule has 0 aliphatic carbocycles. The predicted molar refractivity (Wildman–Crippen MR) is 98.9 cm³/mol. The summed E-state index contributed by atoms with van der Waals surface area (Å²) in [6.45, 7) is 4.12. The summed E-state index contributed by atoms with van der Waals surface area (Å²) in [5, 5.41) is 12.6. The van der Waals surface area contributed by atoms with Gasteiger partial charge in [-0.25, -0.2) is 9.48 Å². The third-order valence-corrected chi connectivity index (χ3v) is 5.16. The SMILES string of the molecule is CC(C)n1cc(C[C@H]2NC(=O)N(CC(=O)N(C)Cc3cccs3)C2=O)nn1. The van der Waals surface area contributed by atoms with E-state index in [0.717, 1.165) is 9.78 Å². The van der Waals surface area contributed by atoms with E-state index in [1.54, 1.807) is 29.3 Å². The van der Waals surface area contributed by atoms with Gasteiger partial charge >= 0.3 is 6.03 Å². The Hall–Kier alpha value is -2.75. The summed E-state index contributed by atoms with van der Waals surface area (Å²) < 4.78 is 1.69. The number of hydrogen-bond acceptors (Lipinski definition) is 6. The number of imide groups is 1. The first kappa shape index (κ1) is 19.0. The molecule has 2 aromatic rings. The van der Waals surface area contributed by atoms with Crippen molar-refractivity contribution >= 4 is 29.2 Å². The Balaban J connectivity index is 1.59. The average Bonchev–Trinajstić information content (AvgIpc) is 3.34. The van der Waals surface area contributed by atoms with Crippen LogP contribution in [-0.2, 0) is 22.6 Å². The Morgan fingerprint density at radius 2 is 2.19 bits per heavy atom. The second kappa shape index (κ2) is 7.87. The van der Waals surface area contributed by atoms with Crippen LogP contribution in [-0.4, -0.2) is 62.3 Å². The Morgan fingerprint density at radius 1 is 1.41 bits per heavy atom.